The molecule has 162 valence electrons. The number of benzene rings is 2. The number of nitrogens with two attached hydrogens (primary N) is 1. The van der Waals surface area contributed by atoms with Crippen LogP contribution in [0.1, 0.15) is 61.4 Å². The van der Waals surface area contributed by atoms with E-state index in [2.05, 4.69) is 29.6 Å². The van der Waals surface area contributed by atoms with Crippen molar-refractivity contribution in [2.45, 2.75) is 63.2 Å². The first-order valence-electron chi connectivity index (χ1n) is 11.3. The summed E-state index contributed by atoms with van der Waals surface area (Å²) in [5, 5.41) is 3.02. The number of nitrogens with one attached hydrogen (secondary N) is 1. The number of aryl methyl sites for hydroxylation is 1. The summed E-state index contributed by atoms with van der Waals surface area (Å²) in [4.78, 5) is 27.5. The molecular formula is C26H31N3O2. The van der Waals surface area contributed by atoms with Crippen LogP contribution >= 0.6 is 0 Å². The molecule has 2 amide bonds. The monoisotopic (exact) mass is 417 g/mol. The number of carbonyl (C=O) groups is 2. The maximum atomic E-state index is 13.1. The van der Waals surface area contributed by atoms with Crippen molar-refractivity contribution < 1.29 is 9.59 Å². The lowest BCUT2D eigenvalue weighted by Gasteiger charge is -2.22. The molecule has 5 nitrogen and oxygen atoms in total. The number of nitrogens with zero attached hydrogens (tertiary/aromatic N) is 1. The van der Waals surface area contributed by atoms with Crippen molar-refractivity contribution in [2.24, 2.45) is 5.73 Å². The number of rotatable bonds is 8. The Kier molecular flexibility index (Phi) is 6.52. The van der Waals surface area contributed by atoms with Crippen LogP contribution in [0, 0.1) is 0 Å². The zero-order chi connectivity index (χ0) is 21.8. The van der Waals surface area contributed by atoms with Gasteiger partial charge in [0.15, 0.2) is 0 Å². The van der Waals surface area contributed by atoms with E-state index >= 15 is 0 Å². The fourth-order valence-corrected chi connectivity index (χ4v) is 4.79. The minimum Gasteiger partial charge on any atom is -0.349 e. The molecule has 2 aromatic carbocycles. The van der Waals surface area contributed by atoms with Gasteiger partial charge in [0.2, 0.25) is 11.8 Å². The second-order valence-electron chi connectivity index (χ2n) is 8.50. The van der Waals surface area contributed by atoms with Gasteiger partial charge in [0.05, 0.1) is 18.1 Å². The van der Waals surface area contributed by atoms with Gasteiger partial charge in [-0.05, 0) is 48.8 Å². The van der Waals surface area contributed by atoms with Crippen LogP contribution in [0.4, 0.5) is 0 Å². The topological polar surface area (TPSA) is 75.4 Å². The summed E-state index contributed by atoms with van der Waals surface area (Å²) in [7, 11) is 0. The van der Waals surface area contributed by atoms with Crippen LogP contribution in [0.3, 0.4) is 0 Å². The van der Waals surface area contributed by atoms with E-state index in [0.29, 0.717) is 12.8 Å². The van der Waals surface area contributed by atoms with Crippen LogP contribution in [0.15, 0.2) is 66.7 Å². The SMILES string of the molecule is CC[C@H](N)C(=O)N[C@H](/C=C/C(=O)N1[C@@H]2CC[C@H]1c1ccccc12)CCc1ccccc1. The molecule has 2 aliphatic heterocycles. The molecule has 2 aromatic rings. The molecule has 2 aliphatic rings. The lowest BCUT2D eigenvalue weighted by molar-refractivity contribution is -0.128. The Balaban J connectivity index is 1.45. The summed E-state index contributed by atoms with van der Waals surface area (Å²) in [5.41, 5.74) is 9.67. The molecule has 2 heterocycles. The summed E-state index contributed by atoms with van der Waals surface area (Å²) in [6.45, 7) is 1.89. The quantitative estimate of drug-likeness (QED) is 0.641. The zero-order valence-electron chi connectivity index (χ0n) is 18.0. The second kappa shape index (κ2) is 9.48. The van der Waals surface area contributed by atoms with Gasteiger partial charge in [-0.25, -0.2) is 0 Å². The zero-order valence-corrected chi connectivity index (χ0v) is 18.0. The Labute approximate surface area is 184 Å². The highest BCUT2D eigenvalue weighted by Gasteiger charge is 2.45. The highest BCUT2D eigenvalue weighted by molar-refractivity contribution is 5.89. The molecule has 0 radical (unpaired) electrons. The lowest BCUT2D eigenvalue weighted by Crippen LogP contribution is -2.44. The molecular weight excluding hydrogens is 386 g/mol. The minimum absolute atomic E-state index is 0.0162. The van der Waals surface area contributed by atoms with Crippen molar-refractivity contribution >= 4 is 11.8 Å². The predicted molar refractivity (Wildman–Crippen MR) is 122 cm³/mol. The average molecular weight is 418 g/mol. The maximum Gasteiger partial charge on any atom is 0.247 e. The molecule has 0 aliphatic carbocycles. The van der Waals surface area contributed by atoms with Crippen molar-refractivity contribution in [1.29, 1.82) is 0 Å². The van der Waals surface area contributed by atoms with E-state index in [-0.39, 0.29) is 29.9 Å². The minimum atomic E-state index is -0.535. The molecule has 0 aromatic heterocycles. The van der Waals surface area contributed by atoms with E-state index in [1.54, 1.807) is 6.08 Å². The molecule has 3 N–H and O–H groups in total. The highest BCUT2D eigenvalue weighted by Crippen LogP contribution is 2.52. The van der Waals surface area contributed by atoms with Crippen LogP contribution < -0.4 is 11.1 Å². The first kappa shape index (κ1) is 21.3. The standard InChI is InChI=1S/C26H31N3O2/c1-2-22(27)26(31)28-19(13-12-18-8-4-3-5-9-18)14-17-25(30)29-23-15-16-24(29)21-11-7-6-10-20(21)23/h3-11,14,17,19,22-24H,2,12-13,15-16,27H2,1H3,(H,28,31)/b17-14+/t19-,22-,23-,24+/m0/s1. The summed E-state index contributed by atoms with van der Waals surface area (Å²) >= 11 is 0. The molecule has 0 saturated carbocycles. The molecule has 5 heteroatoms. The molecule has 4 rings (SSSR count). The first-order valence-corrected chi connectivity index (χ1v) is 11.3. The van der Waals surface area contributed by atoms with Gasteiger partial charge >= 0.3 is 0 Å². The van der Waals surface area contributed by atoms with Crippen molar-refractivity contribution in [1.82, 2.24) is 10.2 Å². The summed E-state index contributed by atoms with van der Waals surface area (Å²) < 4.78 is 0. The fraction of sp³-hybridized carbons (Fsp3) is 0.385. The van der Waals surface area contributed by atoms with E-state index in [1.165, 1.54) is 16.7 Å². The van der Waals surface area contributed by atoms with Crippen molar-refractivity contribution in [3.8, 4) is 0 Å². The number of hydrogen-bond donors (Lipinski definition) is 2. The summed E-state index contributed by atoms with van der Waals surface area (Å²) in [6.07, 6.45) is 7.62. The van der Waals surface area contributed by atoms with Crippen LogP contribution in [0.5, 0.6) is 0 Å². The van der Waals surface area contributed by atoms with E-state index in [9.17, 15) is 9.59 Å². The Bertz CT molecular complexity index is 925. The number of fused-ring (bicyclic) bond motifs is 5. The Morgan fingerprint density at radius 2 is 1.68 bits per heavy atom. The van der Waals surface area contributed by atoms with Crippen molar-refractivity contribution in [3.05, 3.63) is 83.4 Å². The summed E-state index contributed by atoms with van der Waals surface area (Å²) in [6, 6.07) is 18.1. The van der Waals surface area contributed by atoms with Crippen molar-refractivity contribution in [3.63, 3.8) is 0 Å². The third kappa shape index (κ3) is 4.57. The average Bonchev–Trinajstić information content (AvgIpc) is 3.38. The maximum absolute atomic E-state index is 13.1. The van der Waals surface area contributed by atoms with Gasteiger partial charge in [-0.1, -0.05) is 67.6 Å². The van der Waals surface area contributed by atoms with E-state index < -0.39 is 6.04 Å². The smallest absolute Gasteiger partial charge is 0.247 e. The molecule has 0 spiro atoms. The normalized spacial score (nSPS) is 21.2. The van der Waals surface area contributed by atoms with Gasteiger partial charge < -0.3 is 16.0 Å². The number of hydrogen-bond acceptors (Lipinski definition) is 3. The third-order valence-electron chi connectivity index (χ3n) is 6.52. The molecule has 1 saturated heterocycles. The van der Waals surface area contributed by atoms with Crippen LogP contribution in [0.2, 0.25) is 0 Å². The van der Waals surface area contributed by atoms with Crippen LogP contribution in [0.25, 0.3) is 0 Å². The Morgan fingerprint density at radius 3 is 2.29 bits per heavy atom. The highest BCUT2D eigenvalue weighted by atomic mass is 16.2. The number of carbonyl (C=O) groups excluding carboxylic acids is 2. The van der Waals surface area contributed by atoms with E-state index in [1.807, 2.05) is 48.2 Å². The molecule has 0 unspecified atom stereocenters. The van der Waals surface area contributed by atoms with Crippen molar-refractivity contribution in [2.75, 3.05) is 0 Å². The van der Waals surface area contributed by atoms with Crippen LogP contribution in [-0.2, 0) is 16.0 Å². The third-order valence-corrected chi connectivity index (χ3v) is 6.52. The van der Waals surface area contributed by atoms with Gasteiger partial charge in [-0.2, -0.15) is 0 Å². The number of amides is 2. The lowest BCUT2D eigenvalue weighted by atomic mass is 9.92. The van der Waals surface area contributed by atoms with Gasteiger partial charge in [-0.15, -0.1) is 0 Å². The van der Waals surface area contributed by atoms with E-state index in [0.717, 1.165) is 19.3 Å². The molecule has 1 fully saturated rings. The Morgan fingerprint density at radius 1 is 1.06 bits per heavy atom. The predicted octanol–water partition coefficient (Wildman–Crippen LogP) is 3.82. The largest absolute Gasteiger partial charge is 0.349 e. The fourth-order valence-electron chi connectivity index (χ4n) is 4.79. The Hall–Kier alpha value is -2.92. The molecule has 4 atom stereocenters. The molecule has 2 bridgehead atoms. The van der Waals surface area contributed by atoms with Gasteiger partial charge in [0.1, 0.15) is 0 Å². The molecule has 31 heavy (non-hydrogen) atoms. The van der Waals surface area contributed by atoms with Gasteiger partial charge in [0.25, 0.3) is 0 Å². The van der Waals surface area contributed by atoms with E-state index in [4.69, 9.17) is 5.73 Å². The summed E-state index contributed by atoms with van der Waals surface area (Å²) in [5.74, 6) is -0.159. The first-order chi connectivity index (χ1) is 15.1. The van der Waals surface area contributed by atoms with Gasteiger partial charge in [0, 0.05) is 12.1 Å². The van der Waals surface area contributed by atoms with Crippen LogP contribution in [-0.4, -0.2) is 28.8 Å². The second-order valence-corrected chi connectivity index (χ2v) is 8.50. The van der Waals surface area contributed by atoms with Gasteiger partial charge in [-0.3, -0.25) is 9.59 Å².